The Labute approximate surface area is 183 Å². The first-order valence-corrected chi connectivity index (χ1v) is 9.81. The van der Waals surface area contributed by atoms with E-state index in [4.69, 9.17) is 53.8 Å². The number of fused-ring (bicyclic) bond motifs is 1. The van der Waals surface area contributed by atoms with Gasteiger partial charge in [0.25, 0.3) is 3.79 Å². The molecule has 0 bridgehead atoms. The molecule has 0 fully saturated rings. The zero-order valence-electron chi connectivity index (χ0n) is 16.2. The fourth-order valence-corrected chi connectivity index (χ4v) is 3.04. The molecule has 3 rings (SSSR count). The minimum absolute atomic E-state index is 0.139. The van der Waals surface area contributed by atoms with Crippen LogP contribution in [0.1, 0.15) is 26.3 Å². The van der Waals surface area contributed by atoms with Crippen molar-refractivity contribution >= 4 is 40.9 Å². The predicted molar refractivity (Wildman–Crippen MR) is 112 cm³/mol. The number of rotatable bonds is 3. The Kier molecular flexibility index (Phi) is 5.73. The molecule has 1 aliphatic heterocycles. The van der Waals surface area contributed by atoms with Crippen LogP contribution in [-0.2, 0) is 5.41 Å². The Balaban J connectivity index is 1.86. The predicted octanol–water partition coefficient (Wildman–Crippen LogP) is 5.58. The van der Waals surface area contributed by atoms with Crippen molar-refractivity contribution in [3.63, 3.8) is 0 Å². The van der Waals surface area contributed by atoms with Gasteiger partial charge in [0, 0.05) is 0 Å². The summed E-state index contributed by atoms with van der Waals surface area (Å²) in [6, 6.07) is 12.0. The van der Waals surface area contributed by atoms with Crippen LogP contribution in [0.15, 0.2) is 42.5 Å². The molecule has 1 aliphatic rings. The van der Waals surface area contributed by atoms with Gasteiger partial charge in [0.2, 0.25) is 0 Å². The van der Waals surface area contributed by atoms with Crippen LogP contribution in [0.3, 0.4) is 0 Å². The number of carbonyl (C=O) groups is 1. The molecule has 9 heteroatoms. The van der Waals surface area contributed by atoms with E-state index in [2.05, 4.69) is 26.1 Å². The Morgan fingerprint density at radius 2 is 1.62 bits per heavy atom. The second kappa shape index (κ2) is 7.67. The molecule has 156 valence electrons. The number of amides is 1. The minimum atomic E-state index is -2.17. The van der Waals surface area contributed by atoms with Crippen LogP contribution < -0.4 is 24.3 Å². The van der Waals surface area contributed by atoms with Gasteiger partial charge in [0.1, 0.15) is 0 Å². The molecule has 0 saturated heterocycles. The Morgan fingerprint density at radius 1 is 1.00 bits per heavy atom. The molecular weight excluding hydrogens is 441 g/mol. The van der Waals surface area contributed by atoms with Crippen molar-refractivity contribution in [1.82, 2.24) is 5.32 Å². The maximum absolute atomic E-state index is 12.5. The first-order chi connectivity index (χ1) is 13.4. The zero-order chi connectivity index (χ0) is 21.4. The van der Waals surface area contributed by atoms with E-state index in [1.807, 2.05) is 6.07 Å². The molecule has 0 radical (unpaired) electrons. The van der Waals surface area contributed by atoms with Crippen molar-refractivity contribution in [1.29, 1.82) is 0 Å². The van der Waals surface area contributed by atoms with Gasteiger partial charge in [-0.3, -0.25) is 0 Å². The maximum Gasteiger partial charge on any atom is 0.418 e. The fraction of sp³-hybridized carbons (Fsp3) is 0.350. The molecule has 0 unspecified atom stereocenters. The lowest BCUT2D eigenvalue weighted by Gasteiger charge is -2.33. The van der Waals surface area contributed by atoms with E-state index in [9.17, 15) is 4.79 Å². The summed E-state index contributed by atoms with van der Waals surface area (Å²) < 4.78 is 19.8. The van der Waals surface area contributed by atoms with Gasteiger partial charge in [-0.05, 0) is 35.2 Å². The van der Waals surface area contributed by atoms with Gasteiger partial charge in [-0.15, -0.1) is 0 Å². The van der Waals surface area contributed by atoms with Crippen LogP contribution in [0, 0.1) is 0 Å². The van der Waals surface area contributed by atoms with Crippen molar-refractivity contribution in [3.05, 3.63) is 48.0 Å². The summed E-state index contributed by atoms with van der Waals surface area (Å²) in [6.07, 6.45) is -0.954. The average molecular weight is 461 g/mol. The number of nitrogens with one attached hydrogen (secondary N) is 1. The fourth-order valence-electron chi connectivity index (χ4n) is 2.67. The summed E-state index contributed by atoms with van der Waals surface area (Å²) in [6.45, 7) is 6.15. The summed E-state index contributed by atoms with van der Waals surface area (Å²) in [5.74, 6) is -0.923. The second-order valence-corrected chi connectivity index (χ2v) is 9.68. The summed E-state index contributed by atoms with van der Waals surface area (Å²) in [5.41, 5.74) is 0.844. The molecular formula is C20H20Cl3NO5. The van der Waals surface area contributed by atoms with E-state index in [-0.39, 0.29) is 11.2 Å². The molecule has 1 atom stereocenters. The van der Waals surface area contributed by atoms with Gasteiger partial charge in [-0.2, -0.15) is 0 Å². The molecule has 1 heterocycles. The second-order valence-electron chi connectivity index (χ2n) is 7.40. The van der Waals surface area contributed by atoms with E-state index >= 15 is 0 Å². The Bertz CT molecular complexity index is 923. The molecule has 0 aromatic heterocycles. The van der Waals surface area contributed by atoms with Gasteiger partial charge in [-0.25, -0.2) is 10.1 Å². The largest absolute Gasteiger partial charge is 0.493 e. The molecule has 1 amide bonds. The highest BCUT2D eigenvalue weighted by atomic mass is 35.6. The lowest BCUT2D eigenvalue weighted by Crippen LogP contribution is -2.64. The number of carbonyl (C=O) groups excluding carboxylic acids is 1. The van der Waals surface area contributed by atoms with Crippen LogP contribution in [0.25, 0.3) is 0 Å². The highest BCUT2D eigenvalue weighted by Gasteiger charge is 2.60. The topological polar surface area (TPSA) is 66.0 Å². The summed E-state index contributed by atoms with van der Waals surface area (Å²) in [7, 11) is 1.45. The zero-order valence-corrected chi connectivity index (χ0v) is 18.5. The molecule has 6 nitrogen and oxygen atoms in total. The Hall–Kier alpha value is -2.02. The summed E-state index contributed by atoms with van der Waals surface area (Å²) in [5, 5.41) is 2.38. The lowest BCUT2D eigenvalue weighted by molar-refractivity contribution is -0.0965. The van der Waals surface area contributed by atoms with E-state index in [1.54, 1.807) is 36.4 Å². The van der Waals surface area contributed by atoms with E-state index < -0.39 is 15.8 Å². The number of halogens is 3. The van der Waals surface area contributed by atoms with Crippen molar-refractivity contribution in [3.8, 4) is 23.0 Å². The summed E-state index contributed by atoms with van der Waals surface area (Å²) >= 11 is 18.3. The SMILES string of the molecule is COc1ccccc1OC(=O)N[C@@]1(C(Cl)(Cl)Cl)Oc2ccc(C(C)(C)C)cc2O1. The number of methoxy groups -OCH3 is 1. The van der Waals surface area contributed by atoms with E-state index in [0.29, 0.717) is 17.2 Å². The number of hydrogen-bond donors (Lipinski definition) is 1. The van der Waals surface area contributed by atoms with Crippen LogP contribution in [-0.4, -0.2) is 22.9 Å². The van der Waals surface area contributed by atoms with E-state index in [0.717, 1.165) is 5.56 Å². The molecule has 2 aromatic carbocycles. The summed E-state index contributed by atoms with van der Waals surface area (Å²) in [4.78, 5) is 12.5. The number of ether oxygens (including phenoxy) is 4. The average Bonchev–Trinajstić information content (AvgIpc) is 2.99. The third kappa shape index (κ3) is 4.44. The highest BCUT2D eigenvalue weighted by Crippen LogP contribution is 2.49. The smallest absolute Gasteiger partial charge is 0.418 e. The van der Waals surface area contributed by atoms with Gasteiger partial charge in [-0.1, -0.05) is 73.8 Å². The van der Waals surface area contributed by atoms with Gasteiger partial charge in [0.15, 0.2) is 23.0 Å². The van der Waals surface area contributed by atoms with Crippen molar-refractivity contribution in [2.24, 2.45) is 0 Å². The third-order valence-electron chi connectivity index (χ3n) is 4.23. The normalized spacial score (nSPS) is 18.3. The number of alkyl halides is 3. The van der Waals surface area contributed by atoms with Crippen molar-refractivity contribution in [2.75, 3.05) is 7.11 Å². The number of para-hydroxylation sites is 2. The molecule has 0 spiro atoms. The third-order valence-corrected chi connectivity index (χ3v) is 4.98. The molecule has 2 aromatic rings. The van der Waals surface area contributed by atoms with Crippen LogP contribution >= 0.6 is 34.8 Å². The number of hydrogen-bond acceptors (Lipinski definition) is 5. The molecule has 0 saturated carbocycles. The van der Waals surface area contributed by atoms with Gasteiger partial charge in [0.05, 0.1) is 7.11 Å². The standard InChI is InChI=1S/C20H20Cl3NO5/c1-18(2,3)12-9-10-15-16(11-12)29-20(28-15,19(21,22)23)24-17(25)27-14-8-6-5-7-13(14)26-4/h5-11H,1-4H3,(H,24,25)/t20-/m0/s1. The first kappa shape index (κ1) is 21.7. The lowest BCUT2D eigenvalue weighted by atomic mass is 9.87. The first-order valence-electron chi connectivity index (χ1n) is 8.67. The molecule has 1 N–H and O–H groups in total. The van der Waals surface area contributed by atoms with Crippen LogP contribution in [0.2, 0.25) is 0 Å². The molecule has 29 heavy (non-hydrogen) atoms. The minimum Gasteiger partial charge on any atom is -0.493 e. The quantitative estimate of drug-likeness (QED) is 0.606. The van der Waals surface area contributed by atoms with Crippen molar-refractivity contribution < 1.29 is 23.7 Å². The number of benzene rings is 2. The van der Waals surface area contributed by atoms with E-state index in [1.165, 1.54) is 7.11 Å². The maximum atomic E-state index is 12.5. The Morgan fingerprint density at radius 3 is 2.21 bits per heavy atom. The van der Waals surface area contributed by atoms with Gasteiger partial charge < -0.3 is 18.9 Å². The van der Waals surface area contributed by atoms with Gasteiger partial charge >= 0.3 is 12.0 Å². The molecule has 0 aliphatic carbocycles. The van der Waals surface area contributed by atoms with Crippen molar-refractivity contribution in [2.45, 2.75) is 35.9 Å². The van der Waals surface area contributed by atoms with Crippen LogP contribution in [0.5, 0.6) is 23.0 Å². The highest BCUT2D eigenvalue weighted by molar-refractivity contribution is 6.68. The van der Waals surface area contributed by atoms with Crippen LogP contribution in [0.4, 0.5) is 4.79 Å². The monoisotopic (exact) mass is 459 g/mol.